The molecule has 0 radical (unpaired) electrons. The summed E-state index contributed by atoms with van der Waals surface area (Å²) in [6.45, 7) is 0.247. The maximum absolute atomic E-state index is 11.9. The van der Waals surface area contributed by atoms with Gasteiger partial charge >= 0.3 is 0 Å². The highest BCUT2D eigenvalue weighted by atomic mass is 35.5. The molecule has 2 aromatic heterocycles. The van der Waals surface area contributed by atoms with Crippen LogP contribution in [0.1, 0.15) is 15.2 Å². The molecular weight excluding hydrogens is 398 g/mol. The third-order valence-corrected chi connectivity index (χ3v) is 5.60. The van der Waals surface area contributed by atoms with E-state index in [1.807, 2.05) is 41.0 Å². The fourth-order valence-electron chi connectivity index (χ4n) is 2.89. The lowest BCUT2D eigenvalue weighted by molar-refractivity contribution is 0.1000. The van der Waals surface area contributed by atoms with Crippen LogP contribution in [0.5, 0.6) is 11.5 Å². The van der Waals surface area contributed by atoms with Crippen LogP contribution in [0.4, 0.5) is 0 Å². The summed E-state index contributed by atoms with van der Waals surface area (Å²) in [5.74, 6) is 0.588. The van der Waals surface area contributed by atoms with Crippen LogP contribution in [0.25, 0.3) is 16.0 Å². The predicted molar refractivity (Wildman–Crippen MR) is 110 cm³/mol. The number of fused-ring (bicyclic) bond motifs is 1. The number of para-hydroxylation sites is 1. The number of carbonyl (C=O) groups is 1. The van der Waals surface area contributed by atoms with E-state index in [-0.39, 0.29) is 6.61 Å². The first-order valence-electron chi connectivity index (χ1n) is 8.38. The van der Waals surface area contributed by atoms with Gasteiger partial charge in [0.05, 0.1) is 18.1 Å². The lowest BCUT2D eigenvalue weighted by Crippen LogP contribution is -2.10. The van der Waals surface area contributed by atoms with Crippen LogP contribution in [-0.2, 0) is 6.61 Å². The molecule has 4 rings (SSSR count). The summed E-state index contributed by atoms with van der Waals surface area (Å²) < 4.78 is 13.1. The van der Waals surface area contributed by atoms with E-state index in [9.17, 15) is 4.79 Å². The number of nitrogens with zero attached hydrogens (tertiary/aromatic N) is 2. The van der Waals surface area contributed by atoms with Crippen molar-refractivity contribution >= 4 is 39.9 Å². The Kier molecular flexibility index (Phi) is 4.93. The zero-order valence-corrected chi connectivity index (χ0v) is 16.5. The lowest BCUT2D eigenvalue weighted by atomic mass is 10.2. The summed E-state index contributed by atoms with van der Waals surface area (Å²) in [5, 5.41) is 1.36. The molecule has 1 amide bonds. The fourth-order valence-corrected chi connectivity index (χ4v) is 4.00. The number of methoxy groups -OCH3 is 1. The van der Waals surface area contributed by atoms with Crippen LogP contribution >= 0.6 is 22.9 Å². The van der Waals surface area contributed by atoms with Crippen molar-refractivity contribution in [1.82, 2.24) is 9.55 Å². The standard InChI is InChI=1S/C20H16ClN3O3S/c1-26-16-5-3-2-4-12(16)10-27-17-9-18(28-19(17)20(22)25)24-11-23-14-7-6-13(21)8-15(14)24/h2-9,11H,10H2,1H3,(H2,22,25). The number of carbonyl (C=O) groups excluding carboxylic acids is 1. The second-order valence-electron chi connectivity index (χ2n) is 5.99. The molecule has 0 aliphatic carbocycles. The Bertz CT molecular complexity index is 1170. The van der Waals surface area contributed by atoms with E-state index in [1.54, 1.807) is 25.6 Å². The smallest absolute Gasteiger partial charge is 0.262 e. The van der Waals surface area contributed by atoms with Crippen LogP contribution in [0.15, 0.2) is 54.9 Å². The van der Waals surface area contributed by atoms with E-state index in [0.29, 0.717) is 21.4 Å². The zero-order valence-electron chi connectivity index (χ0n) is 14.9. The third kappa shape index (κ3) is 3.42. The maximum atomic E-state index is 11.9. The van der Waals surface area contributed by atoms with Crippen molar-refractivity contribution in [2.45, 2.75) is 6.61 Å². The number of ether oxygens (including phenoxy) is 2. The zero-order chi connectivity index (χ0) is 19.7. The molecule has 0 atom stereocenters. The number of amides is 1. The van der Waals surface area contributed by atoms with Crippen LogP contribution in [0.3, 0.4) is 0 Å². The lowest BCUT2D eigenvalue weighted by Gasteiger charge is -2.09. The van der Waals surface area contributed by atoms with Gasteiger partial charge in [-0.15, -0.1) is 11.3 Å². The van der Waals surface area contributed by atoms with Crippen LogP contribution in [0, 0.1) is 0 Å². The SMILES string of the molecule is COc1ccccc1COc1cc(-n2cnc3ccc(Cl)cc32)sc1C(N)=O. The Balaban J connectivity index is 1.69. The predicted octanol–water partition coefficient (Wildman–Crippen LogP) is 4.43. The van der Waals surface area contributed by atoms with E-state index in [0.717, 1.165) is 21.6 Å². The largest absolute Gasteiger partial charge is 0.496 e. The number of hydrogen-bond acceptors (Lipinski definition) is 5. The third-order valence-electron chi connectivity index (χ3n) is 4.23. The molecule has 28 heavy (non-hydrogen) atoms. The number of hydrogen-bond donors (Lipinski definition) is 1. The Hall–Kier alpha value is -3.03. The summed E-state index contributed by atoms with van der Waals surface area (Å²) in [7, 11) is 1.60. The highest BCUT2D eigenvalue weighted by Crippen LogP contribution is 2.34. The fraction of sp³-hybridized carbons (Fsp3) is 0.100. The molecular formula is C20H16ClN3O3S. The minimum atomic E-state index is -0.547. The number of rotatable bonds is 6. The average molecular weight is 414 g/mol. The summed E-state index contributed by atoms with van der Waals surface area (Å²) in [5.41, 5.74) is 8.07. The van der Waals surface area contributed by atoms with Crippen molar-refractivity contribution in [3.8, 4) is 16.5 Å². The molecule has 0 saturated carbocycles. The van der Waals surface area contributed by atoms with E-state index in [2.05, 4.69) is 4.98 Å². The van der Waals surface area contributed by atoms with Crippen molar-refractivity contribution in [1.29, 1.82) is 0 Å². The number of benzene rings is 2. The first-order chi connectivity index (χ1) is 13.6. The van der Waals surface area contributed by atoms with E-state index in [1.165, 1.54) is 11.3 Å². The number of primary amides is 1. The number of nitrogens with two attached hydrogens (primary N) is 1. The molecule has 2 aromatic carbocycles. The highest BCUT2D eigenvalue weighted by Gasteiger charge is 2.18. The van der Waals surface area contributed by atoms with Crippen molar-refractivity contribution < 1.29 is 14.3 Å². The molecule has 0 aliphatic rings. The molecule has 0 unspecified atom stereocenters. The molecule has 0 fully saturated rings. The van der Waals surface area contributed by atoms with Crippen molar-refractivity contribution in [3.63, 3.8) is 0 Å². The number of aromatic nitrogens is 2. The Labute approximate surface area is 170 Å². The van der Waals surface area contributed by atoms with Gasteiger partial charge in [-0.1, -0.05) is 29.8 Å². The van der Waals surface area contributed by atoms with Gasteiger partial charge in [0.15, 0.2) is 0 Å². The van der Waals surface area contributed by atoms with Gasteiger partial charge in [-0.2, -0.15) is 0 Å². The quantitative estimate of drug-likeness (QED) is 0.507. The van der Waals surface area contributed by atoms with Gasteiger partial charge in [-0.3, -0.25) is 9.36 Å². The molecule has 142 valence electrons. The first-order valence-corrected chi connectivity index (χ1v) is 9.57. The van der Waals surface area contributed by atoms with Gasteiger partial charge in [0.2, 0.25) is 0 Å². The number of imidazole rings is 1. The van der Waals surface area contributed by atoms with Crippen LogP contribution < -0.4 is 15.2 Å². The molecule has 2 heterocycles. The molecule has 4 aromatic rings. The summed E-state index contributed by atoms with van der Waals surface area (Å²) >= 11 is 7.36. The van der Waals surface area contributed by atoms with E-state index < -0.39 is 5.91 Å². The Morgan fingerprint density at radius 2 is 2.04 bits per heavy atom. The van der Waals surface area contributed by atoms with Gasteiger partial charge in [-0.25, -0.2) is 4.98 Å². The molecule has 8 heteroatoms. The maximum Gasteiger partial charge on any atom is 0.262 e. The van der Waals surface area contributed by atoms with Gasteiger partial charge in [0, 0.05) is 16.7 Å². The van der Waals surface area contributed by atoms with Crippen molar-refractivity contribution in [2.24, 2.45) is 5.73 Å². The van der Waals surface area contributed by atoms with E-state index in [4.69, 9.17) is 26.8 Å². The Morgan fingerprint density at radius 1 is 1.21 bits per heavy atom. The first kappa shape index (κ1) is 18.3. The molecule has 0 saturated heterocycles. The molecule has 0 spiro atoms. The average Bonchev–Trinajstić information content (AvgIpc) is 3.30. The normalized spacial score (nSPS) is 10.9. The van der Waals surface area contributed by atoms with Gasteiger partial charge in [0.25, 0.3) is 5.91 Å². The molecule has 0 aliphatic heterocycles. The second-order valence-corrected chi connectivity index (χ2v) is 7.46. The molecule has 6 nitrogen and oxygen atoms in total. The highest BCUT2D eigenvalue weighted by molar-refractivity contribution is 7.16. The van der Waals surface area contributed by atoms with E-state index >= 15 is 0 Å². The minimum Gasteiger partial charge on any atom is -0.496 e. The summed E-state index contributed by atoms with van der Waals surface area (Å²) in [6.07, 6.45) is 1.68. The topological polar surface area (TPSA) is 79.4 Å². The van der Waals surface area contributed by atoms with Gasteiger partial charge < -0.3 is 15.2 Å². The monoisotopic (exact) mass is 413 g/mol. The van der Waals surface area contributed by atoms with Gasteiger partial charge in [-0.05, 0) is 24.3 Å². The minimum absolute atomic E-state index is 0.247. The van der Waals surface area contributed by atoms with Gasteiger partial charge in [0.1, 0.15) is 34.3 Å². The van der Waals surface area contributed by atoms with Crippen molar-refractivity contribution in [3.05, 3.63) is 70.3 Å². The Morgan fingerprint density at radius 3 is 2.82 bits per heavy atom. The second kappa shape index (κ2) is 7.53. The van der Waals surface area contributed by atoms with Crippen LogP contribution in [0.2, 0.25) is 5.02 Å². The van der Waals surface area contributed by atoms with Crippen LogP contribution in [-0.4, -0.2) is 22.6 Å². The van der Waals surface area contributed by atoms with Crippen molar-refractivity contribution in [2.75, 3.05) is 7.11 Å². The molecule has 0 bridgehead atoms. The number of thiophene rings is 1. The number of halogens is 1. The molecule has 2 N–H and O–H groups in total. The summed E-state index contributed by atoms with van der Waals surface area (Å²) in [4.78, 5) is 16.7. The summed E-state index contributed by atoms with van der Waals surface area (Å²) in [6, 6.07) is 14.8.